The van der Waals surface area contributed by atoms with Crippen LogP contribution >= 0.6 is 23.1 Å². The van der Waals surface area contributed by atoms with E-state index in [4.69, 9.17) is 0 Å². The van der Waals surface area contributed by atoms with E-state index in [1.807, 2.05) is 11.8 Å². The SMILES string of the molecule is CCSc1nnc(NC(=O)c2ccc(N3CCC[C@H](C)C3)c([N+](=O)[O-])c2)s1. The Morgan fingerprint density at radius 3 is 3.00 bits per heavy atom. The molecule has 1 saturated heterocycles. The van der Waals surface area contributed by atoms with Gasteiger partial charge in [-0.3, -0.25) is 20.2 Å². The number of rotatable bonds is 6. The fourth-order valence-electron chi connectivity index (χ4n) is 3.10. The fraction of sp³-hybridized carbons (Fsp3) is 0.471. The molecule has 0 unspecified atom stereocenters. The van der Waals surface area contributed by atoms with Gasteiger partial charge in [-0.2, -0.15) is 0 Å². The quantitative estimate of drug-likeness (QED) is 0.334. The van der Waals surface area contributed by atoms with Crippen LogP contribution in [-0.2, 0) is 0 Å². The van der Waals surface area contributed by atoms with E-state index in [2.05, 4.69) is 22.4 Å². The van der Waals surface area contributed by atoms with Gasteiger partial charge in [0, 0.05) is 24.7 Å². The summed E-state index contributed by atoms with van der Waals surface area (Å²) in [5.74, 6) is 0.931. The first-order chi connectivity index (χ1) is 13.0. The maximum Gasteiger partial charge on any atom is 0.293 e. The normalized spacial score (nSPS) is 17.0. The summed E-state index contributed by atoms with van der Waals surface area (Å²) >= 11 is 2.83. The topological polar surface area (TPSA) is 101 Å². The molecule has 1 aliphatic heterocycles. The van der Waals surface area contributed by atoms with Crippen molar-refractivity contribution in [1.29, 1.82) is 0 Å². The molecule has 1 atom stereocenters. The molecular weight excluding hydrogens is 386 g/mol. The maximum atomic E-state index is 12.5. The molecule has 2 aromatic rings. The number of nitro groups is 1. The molecule has 0 saturated carbocycles. The minimum Gasteiger partial charge on any atom is -0.366 e. The van der Waals surface area contributed by atoms with Gasteiger partial charge in [0.1, 0.15) is 5.69 Å². The molecule has 1 aromatic carbocycles. The molecule has 1 fully saturated rings. The Morgan fingerprint density at radius 1 is 1.48 bits per heavy atom. The lowest BCUT2D eigenvalue weighted by Crippen LogP contribution is -2.34. The van der Waals surface area contributed by atoms with E-state index >= 15 is 0 Å². The number of nitrogens with zero attached hydrogens (tertiary/aromatic N) is 4. The van der Waals surface area contributed by atoms with Gasteiger partial charge >= 0.3 is 0 Å². The fourth-order valence-corrected chi connectivity index (χ4v) is 4.74. The van der Waals surface area contributed by atoms with Gasteiger partial charge in [0.15, 0.2) is 4.34 Å². The lowest BCUT2D eigenvalue weighted by Gasteiger charge is -2.32. The number of aromatic nitrogens is 2. The Hall–Kier alpha value is -2.20. The number of carbonyl (C=O) groups excluding carboxylic acids is 1. The van der Waals surface area contributed by atoms with Crippen LogP contribution in [0.2, 0.25) is 0 Å². The molecule has 0 spiro atoms. The summed E-state index contributed by atoms with van der Waals surface area (Å²) < 4.78 is 0.772. The van der Waals surface area contributed by atoms with Gasteiger partial charge in [-0.1, -0.05) is 36.9 Å². The average Bonchev–Trinajstić information content (AvgIpc) is 3.08. The molecule has 1 aromatic heterocycles. The van der Waals surface area contributed by atoms with Crippen LogP contribution in [0.25, 0.3) is 0 Å². The van der Waals surface area contributed by atoms with Crippen molar-refractivity contribution in [3.63, 3.8) is 0 Å². The number of piperidine rings is 1. The number of nitrogens with one attached hydrogen (secondary N) is 1. The van der Waals surface area contributed by atoms with Crippen LogP contribution < -0.4 is 10.2 Å². The van der Waals surface area contributed by atoms with Gasteiger partial charge in [-0.15, -0.1) is 10.2 Å². The average molecular weight is 408 g/mol. The Kier molecular flexibility index (Phi) is 6.27. The van der Waals surface area contributed by atoms with E-state index in [0.29, 0.717) is 16.7 Å². The van der Waals surface area contributed by atoms with Gasteiger partial charge in [-0.05, 0) is 36.6 Å². The molecule has 1 amide bonds. The van der Waals surface area contributed by atoms with E-state index in [1.54, 1.807) is 23.9 Å². The Bertz CT molecular complexity index is 842. The maximum absolute atomic E-state index is 12.5. The molecule has 8 nitrogen and oxygen atoms in total. The summed E-state index contributed by atoms with van der Waals surface area (Å²) in [5, 5.41) is 22.5. The summed E-state index contributed by atoms with van der Waals surface area (Å²) in [6.45, 7) is 5.73. The molecule has 10 heteroatoms. The second-order valence-electron chi connectivity index (χ2n) is 6.41. The molecule has 144 valence electrons. The minimum atomic E-state index is -0.430. The van der Waals surface area contributed by atoms with Crippen molar-refractivity contribution in [3.05, 3.63) is 33.9 Å². The van der Waals surface area contributed by atoms with Crippen molar-refractivity contribution in [3.8, 4) is 0 Å². The number of thioether (sulfide) groups is 1. The predicted molar refractivity (Wildman–Crippen MR) is 108 cm³/mol. The highest BCUT2D eigenvalue weighted by molar-refractivity contribution is 8.01. The first-order valence-electron chi connectivity index (χ1n) is 8.79. The van der Waals surface area contributed by atoms with Crippen molar-refractivity contribution >= 4 is 45.5 Å². The summed E-state index contributed by atoms with van der Waals surface area (Å²) in [5.41, 5.74) is 0.757. The second kappa shape index (κ2) is 8.66. The van der Waals surface area contributed by atoms with Crippen LogP contribution in [0.3, 0.4) is 0 Å². The van der Waals surface area contributed by atoms with Crippen molar-refractivity contribution in [2.24, 2.45) is 5.92 Å². The van der Waals surface area contributed by atoms with Crippen LogP contribution in [0.1, 0.15) is 37.0 Å². The molecule has 0 bridgehead atoms. The largest absolute Gasteiger partial charge is 0.366 e. The number of carbonyl (C=O) groups is 1. The second-order valence-corrected chi connectivity index (χ2v) is 8.90. The molecule has 0 radical (unpaired) electrons. The summed E-state index contributed by atoms with van der Waals surface area (Å²) in [6.07, 6.45) is 2.14. The zero-order valence-electron chi connectivity index (χ0n) is 15.2. The highest BCUT2D eigenvalue weighted by atomic mass is 32.2. The van der Waals surface area contributed by atoms with E-state index in [-0.39, 0.29) is 11.3 Å². The van der Waals surface area contributed by atoms with E-state index in [0.717, 1.165) is 36.0 Å². The molecule has 1 aliphatic rings. The molecule has 27 heavy (non-hydrogen) atoms. The monoisotopic (exact) mass is 407 g/mol. The lowest BCUT2D eigenvalue weighted by atomic mass is 9.99. The molecule has 1 N–H and O–H groups in total. The zero-order chi connectivity index (χ0) is 19.4. The number of hydrogen-bond donors (Lipinski definition) is 1. The van der Waals surface area contributed by atoms with E-state index in [1.165, 1.54) is 17.4 Å². The van der Waals surface area contributed by atoms with Gasteiger partial charge in [0.25, 0.3) is 11.6 Å². The standard InChI is InChI=1S/C17H21N5O3S2/c1-3-26-17-20-19-16(27-17)18-15(23)12-6-7-13(14(9-12)22(24)25)21-8-4-5-11(2)10-21/h6-7,9,11H,3-5,8,10H2,1-2H3,(H,18,19,23)/t11-/m0/s1. The summed E-state index contributed by atoms with van der Waals surface area (Å²) in [4.78, 5) is 25.7. The first-order valence-corrected chi connectivity index (χ1v) is 10.6. The number of amides is 1. The van der Waals surface area contributed by atoms with Crippen molar-refractivity contribution < 1.29 is 9.72 Å². The van der Waals surface area contributed by atoms with Crippen LogP contribution in [0.4, 0.5) is 16.5 Å². The van der Waals surface area contributed by atoms with Crippen molar-refractivity contribution in [1.82, 2.24) is 10.2 Å². The van der Waals surface area contributed by atoms with Gasteiger partial charge in [0.2, 0.25) is 5.13 Å². The predicted octanol–water partition coefficient (Wildman–Crippen LogP) is 4.05. The molecule has 2 heterocycles. The highest BCUT2D eigenvalue weighted by Crippen LogP contribution is 2.33. The van der Waals surface area contributed by atoms with Crippen molar-refractivity contribution in [2.45, 2.75) is 31.0 Å². The lowest BCUT2D eigenvalue weighted by molar-refractivity contribution is -0.384. The Morgan fingerprint density at radius 2 is 2.30 bits per heavy atom. The van der Waals surface area contributed by atoms with Gasteiger partial charge < -0.3 is 4.90 Å². The summed E-state index contributed by atoms with van der Waals surface area (Å²) in [6, 6.07) is 4.63. The van der Waals surface area contributed by atoms with Crippen LogP contribution in [-0.4, -0.2) is 39.9 Å². The van der Waals surface area contributed by atoms with Gasteiger partial charge in [-0.25, -0.2) is 0 Å². The Balaban J connectivity index is 1.80. The zero-order valence-corrected chi connectivity index (χ0v) is 16.8. The molecular formula is C17H21N5O3S2. The third-order valence-electron chi connectivity index (χ3n) is 4.33. The smallest absolute Gasteiger partial charge is 0.293 e. The number of anilines is 2. The summed E-state index contributed by atoms with van der Waals surface area (Å²) in [7, 11) is 0. The highest BCUT2D eigenvalue weighted by Gasteiger charge is 2.25. The third-order valence-corrected chi connectivity index (χ3v) is 6.18. The van der Waals surface area contributed by atoms with Crippen molar-refractivity contribution in [2.75, 3.05) is 29.1 Å². The number of nitro benzene ring substituents is 1. The number of benzene rings is 1. The third kappa shape index (κ3) is 4.75. The first kappa shape index (κ1) is 19.6. The number of hydrogen-bond acceptors (Lipinski definition) is 8. The van der Waals surface area contributed by atoms with Crippen LogP contribution in [0.5, 0.6) is 0 Å². The van der Waals surface area contributed by atoms with Crippen LogP contribution in [0, 0.1) is 16.0 Å². The van der Waals surface area contributed by atoms with Gasteiger partial charge in [0.05, 0.1) is 4.92 Å². The molecule has 0 aliphatic carbocycles. The van der Waals surface area contributed by atoms with E-state index < -0.39 is 10.8 Å². The Labute approximate surface area is 165 Å². The minimum absolute atomic E-state index is 0.0451. The van der Waals surface area contributed by atoms with Crippen LogP contribution in [0.15, 0.2) is 22.5 Å². The molecule has 3 rings (SSSR count). The van der Waals surface area contributed by atoms with E-state index in [9.17, 15) is 14.9 Å².